The Balaban J connectivity index is 1.71. The van der Waals surface area contributed by atoms with Crippen molar-refractivity contribution in [2.24, 2.45) is 0 Å². The van der Waals surface area contributed by atoms with Gasteiger partial charge in [0.1, 0.15) is 5.75 Å². The summed E-state index contributed by atoms with van der Waals surface area (Å²) in [5.41, 5.74) is 3.31. The second kappa shape index (κ2) is 10.1. The topological polar surface area (TPSA) is 55.3 Å². The smallest absolute Gasteiger partial charge is 0.260 e. The van der Waals surface area contributed by atoms with Crippen molar-refractivity contribution in [3.05, 3.63) is 82.6 Å². The van der Waals surface area contributed by atoms with Crippen LogP contribution in [0.1, 0.15) is 41.3 Å². The highest BCUT2D eigenvalue weighted by Gasteiger charge is 2.23. The Kier molecular flexibility index (Phi) is 7.02. The van der Waals surface area contributed by atoms with Gasteiger partial charge in [-0.1, -0.05) is 48.4 Å². The third-order valence-corrected chi connectivity index (χ3v) is 6.27. The number of unbranched alkanes of at least 4 members (excludes halogenated alkanes) is 1. The molecule has 0 aliphatic rings. The molecule has 0 N–H and O–H groups in total. The lowest BCUT2D eigenvalue weighted by Gasteiger charge is -2.20. The predicted octanol–water partition coefficient (Wildman–Crippen LogP) is 6.68. The molecule has 0 saturated carbocycles. The van der Waals surface area contributed by atoms with Gasteiger partial charge in [0, 0.05) is 23.0 Å². The van der Waals surface area contributed by atoms with Crippen LogP contribution in [0.5, 0.6) is 5.75 Å². The zero-order valence-electron chi connectivity index (χ0n) is 18.0. The molecule has 0 unspecified atom stereocenters. The van der Waals surface area contributed by atoms with Gasteiger partial charge in [0.25, 0.3) is 5.91 Å². The number of amides is 1. The average Bonchev–Trinajstić information content (AvgIpc) is 3.22. The molecule has 7 heteroatoms. The molecular weight excluding hydrogens is 442 g/mol. The summed E-state index contributed by atoms with van der Waals surface area (Å²) in [7, 11) is 0. The zero-order valence-corrected chi connectivity index (χ0v) is 19.6. The fraction of sp³-hybridized carbons (Fsp3) is 0.240. The van der Waals surface area contributed by atoms with E-state index in [-0.39, 0.29) is 5.91 Å². The molecule has 2 heterocycles. The normalized spacial score (nSPS) is 11.0. The fourth-order valence-electron chi connectivity index (χ4n) is 3.37. The molecule has 0 bridgehead atoms. The molecule has 0 aliphatic carbocycles. The van der Waals surface area contributed by atoms with Gasteiger partial charge in [0.2, 0.25) is 0 Å². The number of rotatable bonds is 8. The molecule has 2 aromatic heterocycles. The number of aryl methyl sites for hydroxylation is 1. The van der Waals surface area contributed by atoms with E-state index in [1.807, 2.05) is 43.3 Å². The lowest BCUT2D eigenvalue weighted by Crippen LogP contribution is -2.30. The maximum atomic E-state index is 13.7. The van der Waals surface area contributed by atoms with Gasteiger partial charge < -0.3 is 4.74 Å². The molecule has 0 spiro atoms. The van der Waals surface area contributed by atoms with Crippen LogP contribution in [0.4, 0.5) is 5.13 Å². The molecule has 164 valence electrons. The van der Waals surface area contributed by atoms with Crippen LogP contribution in [0.25, 0.3) is 10.2 Å². The maximum Gasteiger partial charge on any atom is 0.260 e. The Morgan fingerprint density at radius 3 is 2.84 bits per heavy atom. The van der Waals surface area contributed by atoms with Gasteiger partial charge in [-0.05, 0) is 60.9 Å². The Morgan fingerprint density at radius 2 is 2.06 bits per heavy atom. The van der Waals surface area contributed by atoms with E-state index < -0.39 is 0 Å². The van der Waals surface area contributed by atoms with Gasteiger partial charge in [-0.15, -0.1) is 0 Å². The number of halogens is 1. The minimum Gasteiger partial charge on any atom is -0.494 e. The molecule has 0 fully saturated rings. The van der Waals surface area contributed by atoms with E-state index in [9.17, 15) is 4.79 Å². The van der Waals surface area contributed by atoms with E-state index >= 15 is 0 Å². The van der Waals surface area contributed by atoms with Gasteiger partial charge in [0.05, 0.1) is 23.4 Å². The SMILES string of the molecule is CCCCOc1cccc(C(=O)N(Cc2cccnc2)c2nc3c(C)cc(Cl)cc3s2)c1. The van der Waals surface area contributed by atoms with E-state index in [1.54, 1.807) is 29.4 Å². The van der Waals surface area contributed by atoms with Crippen LogP contribution in [0.15, 0.2) is 60.9 Å². The third kappa shape index (κ3) is 5.09. The number of hydrogen-bond donors (Lipinski definition) is 0. The highest BCUT2D eigenvalue weighted by molar-refractivity contribution is 7.22. The molecule has 0 saturated heterocycles. The lowest BCUT2D eigenvalue weighted by molar-refractivity contribution is 0.0984. The molecule has 4 rings (SSSR count). The Labute approximate surface area is 196 Å². The number of hydrogen-bond acceptors (Lipinski definition) is 5. The van der Waals surface area contributed by atoms with E-state index in [4.69, 9.17) is 21.3 Å². The summed E-state index contributed by atoms with van der Waals surface area (Å²) >= 11 is 7.70. The predicted molar refractivity (Wildman–Crippen MR) is 131 cm³/mol. The number of carbonyl (C=O) groups excluding carboxylic acids is 1. The standard InChI is InChI=1S/C25H24ClN3O2S/c1-3-4-11-31-21-9-5-8-19(13-21)24(30)29(16-18-7-6-10-27-15-18)25-28-23-17(2)12-20(26)14-22(23)32-25/h5-10,12-15H,3-4,11,16H2,1-2H3. The van der Waals surface area contributed by atoms with Crippen molar-refractivity contribution < 1.29 is 9.53 Å². The first-order valence-corrected chi connectivity index (χ1v) is 11.7. The highest BCUT2D eigenvalue weighted by atomic mass is 35.5. The summed E-state index contributed by atoms with van der Waals surface area (Å²) in [5, 5.41) is 1.28. The van der Waals surface area contributed by atoms with Crippen LogP contribution in [0.3, 0.4) is 0 Å². The summed E-state index contributed by atoms with van der Waals surface area (Å²) in [5.74, 6) is 0.551. The van der Waals surface area contributed by atoms with Crippen molar-refractivity contribution in [2.45, 2.75) is 33.2 Å². The van der Waals surface area contributed by atoms with E-state index in [1.165, 1.54) is 11.3 Å². The van der Waals surface area contributed by atoms with Crippen LogP contribution in [0, 0.1) is 6.92 Å². The van der Waals surface area contributed by atoms with E-state index in [0.717, 1.165) is 34.2 Å². The molecule has 32 heavy (non-hydrogen) atoms. The first-order valence-electron chi connectivity index (χ1n) is 10.6. The van der Waals surface area contributed by atoms with Gasteiger partial charge in [-0.3, -0.25) is 14.7 Å². The number of anilines is 1. The van der Waals surface area contributed by atoms with Crippen LogP contribution in [-0.4, -0.2) is 22.5 Å². The first kappa shape index (κ1) is 22.2. The Morgan fingerprint density at radius 1 is 1.19 bits per heavy atom. The number of carbonyl (C=O) groups is 1. The first-order chi connectivity index (χ1) is 15.5. The van der Waals surface area contributed by atoms with Crippen LogP contribution >= 0.6 is 22.9 Å². The zero-order chi connectivity index (χ0) is 22.5. The van der Waals surface area contributed by atoms with E-state index in [0.29, 0.717) is 34.6 Å². The van der Waals surface area contributed by atoms with Crippen molar-refractivity contribution in [3.8, 4) is 5.75 Å². The quantitative estimate of drug-likeness (QED) is 0.272. The van der Waals surface area contributed by atoms with Crippen molar-refractivity contribution in [1.82, 2.24) is 9.97 Å². The van der Waals surface area contributed by atoms with Crippen LogP contribution in [0.2, 0.25) is 5.02 Å². The summed E-state index contributed by atoms with van der Waals surface area (Å²) < 4.78 is 6.76. The van der Waals surface area contributed by atoms with Crippen LogP contribution in [-0.2, 0) is 6.54 Å². The van der Waals surface area contributed by atoms with Crippen molar-refractivity contribution in [3.63, 3.8) is 0 Å². The lowest BCUT2D eigenvalue weighted by atomic mass is 10.1. The van der Waals surface area contributed by atoms with Crippen molar-refractivity contribution in [1.29, 1.82) is 0 Å². The van der Waals surface area contributed by atoms with Gasteiger partial charge in [-0.25, -0.2) is 4.98 Å². The molecule has 0 aliphatic heterocycles. The number of fused-ring (bicyclic) bond motifs is 1. The number of aromatic nitrogens is 2. The van der Waals surface area contributed by atoms with E-state index in [2.05, 4.69) is 11.9 Å². The molecule has 5 nitrogen and oxygen atoms in total. The Bertz CT molecular complexity index is 1230. The number of pyridine rings is 1. The fourth-order valence-corrected chi connectivity index (χ4v) is 4.79. The summed E-state index contributed by atoms with van der Waals surface area (Å²) in [4.78, 5) is 24.3. The Hall–Kier alpha value is -2.96. The summed E-state index contributed by atoms with van der Waals surface area (Å²) in [6, 6.07) is 14.9. The minimum atomic E-state index is -0.141. The van der Waals surface area contributed by atoms with Gasteiger partial charge in [-0.2, -0.15) is 0 Å². The average molecular weight is 466 g/mol. The van der Waals surface area contributed by atoms with Crippen LogP contribution < -0.4 is 9.64 Å². The summed E-state index contributed by atoms with van der Waals surface area (Å²) in [6.07, 6.45) is 5.51. The molecule has 0 atom stereocenters. The molecule has 2 aromatic carbocycles. The van der Waals surface area contributed by atoms with Crippen molar-refractivity contribution in [2.75, 3.05) is 11.5 Å². The number of thiazole rings is 1. The minimum absolute atomic E-state index is 0.141. The number of benzene rings is 2. The second-order valence-corrected chi connectivity index (χ2v) is 8.99. The second-order valence-electron chi connectivity index (χ2n) is 7.55. The number of ether oxygens (including phenoxy) is 1. The third-order valence-electron chi connectivity index (χ3n) is 5.03. The summed E-state index contributed by atoms with van der Waals surface area (Å²) in [6.45, 7) is 5.08. The molecule has 0 radical (unpaired) electrons. The maximum absolute atomic E-state index is 13.7. The van der Waals surface area contributed by atoms with Crippen molar-refractivity contribution >= 4 is 44.2 Å². The van der Waals surface area contributed by atoms with Gasteiger partial charge >= 0.3 is 0 Å². The number of nitrogens with zero attached hydrogens (tertiary/aromatic N) is 3. The van der Waals surface area contributed by atoms with Gasteiger partial charge in [0.15, 0.2) is 5.13 Å². The monoisotopic (exact) mass is 465 g/mol. The molecule has 4 aromatic rings. The molecule has 1 amide bonds. The molecular formula is C25H24ClN3O2S. The highest BCUT2D eigenvalue weighted by Crippen LogP contribution is 2.34. The largest absolute Gasteiger partial charge is 0.494 e.